The topological polar surface area (TPSA) is 172 Å². The summed E-state index contributed by atoms with van der Waals surface area (Å²) in [5.41, 5.74) is 1.98. The van der Waals surface area contributed by atoms with Gasteiger partial charge in [-0.25, -0.2) is 22.2 Å². The number of anilines is 1. The average Bonchev–Trinajstić information content (AvgIpc) is 3.65. The Morgan fingerprint density at radius 2 is 1.78 bits per heavy atom. The smallest absolute Gasteiger partial charge is 0.326 e. The van der Waals surface area contributed by atoms with E-state index in [-0.39, 0.29) is 60.5 Å². The zero-order valence-electron chi connectivity index (χ0n) is 31.1. The number of piperidine rings is 2. The fourth-order valence-electron chi connectivity index (χ4n) is 7.96. The van der Waals surface area contributed by atoms with E-state index in [0.717, 1.165) is 5.56 Å². The Hall–Kier alpha value is -6.01. The second-order valence-corrected chi connectivity index (χ2v) is 16.3. The highest BCUT2D eigenvalue weighted by atomic mass is 32.2. The average molecular weight is 818 g/mol. The van der Waals surface area contributed by atoms with Crippen LogP contribution in [0.4, 0.5) is 18.9 Å². The number of fused-ring (bicyclic) bond motifs is 2. The zero-order chi connectivity index (χ0) is 40.9. The highest BCUT2D eigenvalue weighted by Crippen LogP contribution is 2.43. The van der Waals surface area contributed by atoms with Crippen molar-refractivity contribution in [3.05, 3.63) is 101 Å². The molecular weight excluding hydrogens is 780 g/mol. The van der Waals surface area contributed by atoms with Crippen LogP contribution in [0.2, 0.25) is 0 Å². The number of rotatable bonds is 10. The van der Waals surface area contributed by atoms with E-state index >= 15 is 13.2 Å². The van der Waals surface area contributed by atoms with Crippen LogP contribution in [-0.2, 0) is 38.2 Å². The third kappa shape index (κ3) is 7.44. The van der Waals surface area contributed by atoms with Crippen molar-refractivity contribution in [1.29, 1.82) is 0 Å². The molecule has 4 aromatic carbocycles. The lowest BCUT2D eigenvalue weighted by Gasteiger charge is -2.38. The van der Waals surface area contributed by atoms with E-state index < -0.39 is 70.3 Å². The van der Waals surface area contributed by atoms with Crippen LogP contribution in [0.5, 0.6) is 5.75 Å². The van der Waals surface area contributed by atoms with Gasteiger partial charge in [0.05, 0.1) is 29.6 Å². The lowest BCUT2D eigenvalue weighted by molar-refractivity contribution is -0.134. The molecule has 3 N–H and O–H groups in total. The van der Waals surface area contributed by atoms with E-state index in [9.17, 15) is 27.6 Å². The molecule has 0 radical (unpaired) electrons. The molecule has 4 heterocycles. The highest BCUT2D eigenvalue weighted by molar-refractivity contribution is 7.92. The lowest BCUT2D eigenvalue weighted by Crippen LogP contribution is -2.49. The number of hydrogen-bond donors (Lipinski definition) is 3. The second-order valence-electron chi connectivity index (χ2n) is 14.7. The molecule has 0 spiro atoms. The number of carbonyl (C=O) groups excluding carboxylic acids is 4. The molecule has 3 fully saturated rings. The van der Waals surface area contributed by atoms with E-state index in [1.54, 1.807) is 65.2 Å². The van der Waals surface area contributed by atoms with Crippen molar-refractivity contribution >= 4 is 61.2 Å². The van der Waals surface area contributed by atoms with Gasteiger partial charge in [0.2, 0.25) is 11.8 Å². The van der Waals surface area contributed by atoms with Crippen molar-refractivity contribution in [2.45, 2.75) is 43.6 Å². The Morgan fingerprint density at radius 3 is 2.50 bits per heavy atom. The first-order valence-electron chi connectivity index (χ1n) is 18.6. The predicted octanol–water partition coefficient (Wildman–Crippen LogP) is 4.00. The third-order valence-corrected chi connectivity index (χ3v) is 12.2. The molecule has 3 aliphatic heterocycles. The summed E-state index contributed by atoms with van der Waals surface area (Å²) in [5.74, 6) is -8.02. The molecule has 14 nitrogen and oxygen atoms in total. The Bertz CT molecular complexity index is 2600. The second kappa shape index (κ2) is 15.1. The van der Waals surface area contributed by atoms with Gasteiger partial charge in [-0.1, -0.05) is 48.5 Å². The van der Waals surface area contributed by atoms with Crippen LogP contribution in [0.25, 0.3) is 21.7 Å². The summed E-state index contributed by atoms with van der Waals surface area (Å²) in [4.78, 5) is 51.0. The number of imide groups is 1. The summed E-state index contributed by atoms with van der Waals surface area (Å²) in [6, 6.07) is 19.5. The fraction of sp³-hybridized carbons (Fsp3) is 0.325. The number of nitrogens with zero attached hydrogens (tertiary/aromatic N) is 4. The minimum Gasteiger partial charge on any atom is -0.487 e. The molecule has 4 amide bonds. The van der Waals surface area contributed by atoms with Gasteiger partial charge in [-0.2, -0.15) is 13.5 Å². The van der Waals surface area contributed by atoms with Gasteiger partial charge in [0.25, 0.3) is 17.7 Å². The van der Waals surface area contributed by atoms with Crippen LogP contribution in [0.3, 0.4) is 0 Å². The molecule has 8 rings (SSSR count). The fourth-order valence-corrected chi connectivity index (χ4v) is 9.12. The van der Waals surface area contributed by atoms with Gasteiger partial charge in [-0.15, -0.1) is 0 Å². The molecule has 0 bridgehead atoms. The standard InChI is InChI=1S/C40H38F3N7O7S/c1-48-31-18-24(7-10-28(31)36(46-48)29-11-12-33(51)45-39(29)54)30-13-15-49(22-40(30,42)43)16-14-44-38(53)25-8-9-27-26(17-25)19-32(57-21-23-5-3-2-4-6-23)37(35(27)41)50-20-34(52)47-58(50,55)56/h2-10,17-19,29-30H,11-16,20-22H2,1H3,(H,44,53)(H,47,52)(H,45,51,54). The number of ether oxygens (including phenoxy) is 1. The van der Waals surface area contributed by atoms with Crippen molar-refractivity contribution in [2.24, 2.45) is 7.05 Å². The molecule has 0 saturated carbocycles. The van der Waals surface area contributed by atoms with Gasteiger partial charge in [0.15, 0.2) is 5.82 Å². The van der Waals surface area contributed by atoms with Gasteiger partial charge in [0.1, 0.15) is 24.6 Å². The van der Waals surface area contributed by atoms with Crippen molar-refractivity contribution < 1.29 is 45.5 Å². The number of carbonyl (C=O) groups is 4. The van der Waals surface area contributed by atoms with Crippen molar-refractivity contribution in [3.63, 3.8) is 0 Å². The van der Waals surface area contributed by atoms with Gasteiger partial charge in [0, 0.05) is 42.9 Å². The van der Waals surface area contributed by atoms with Crippen LogP contribution in [-0.4, -0.2) is 85.4 Å². The van der Waals surface area contributed by atoms with Crippen LogP contribution >= 0.6 is 0 Å². The molecule has 302 valence electrons. The first-order valence-corrected chi connectivity index (χ1v) is 20.1. The summed E-state index contributed by atoms with van der Waals surface area (Å²) in [6.07, 6.45) is 0.668. The molecule has 58 heavy (non-hydrogen) atoms. The number of alkyl halides is 2. The molecule has 3 aliphatic rings. The van der Waals surface area contributed by atoms with Crippen LogP contribution < -0.4 is 24.4 Å². The third-order valence-electron chi connectivity index (χ3n) is 10.9. The zero-order valence-corrected chi connectivity index (χ0v) is 32.0. The maximum absolute atomic E-state index is 16.2. The van der Waals surface area contributed by atoms with Crippen molar-refractivity contribution in [3.8, 4) is 5.75 Å². The van der Waals surface area contributed by atoms with Crippen LogP contribution in [0.15, 0.2) is 72.8 Å². The number of amides is 4. The van der Waals surface area contributed by atoms with E-state index in [2.05, 4.69) is 15.7 Å². The number of halogens is 3. The molecular formula is C40H38F3N7O7S. The molecule has 2 atom stereocenters. The quantitative estimate of drug-likeness (QED) is 0.176. The van der Waals surface area contributed by atoms with E-state index in [0.29, 0.717) is 39.4 Å². The van der Waals surface area contributed by atoms with Crippen LogP contribution in [0, 0.1) is 5.82 Å². The normalized spacial score (nSPS) is 20.6. The number of benzene rings is 4. The molecule has 3 saturated heterocycles. The van der Waals surface area contributed by atoms with Gasteiger partial charge in [-0.3, -0.25) is 34.1 Å². The summed E-state index contributed by atoms with van der Waals surface area (Å²) < 4.78 is 83.1. The minimum atomic E-state index is -4.39. The maximum Gasteiger partial charge on any atom is 0.326 e. The number of likely N-dealkylation sites (tertiary alicyclic amines) is 1. The highest BCUT2D eigenvalue weighted by Gasteiger charge is 2.45. The monoisotopic (exact) mass is 817 g/mol. The van der Waals surface area contributed by atoms with Crippen molar-refractivity contribution in [2.75, 3.05) is 37.0 Å². The molecule has 18 heteroatoms. The SMILES string of the molecule is Cn1nc(C2CCC(=O)NC2=O)c2ccc(C3CCN(CCNC(=O)c4ccc5c(F)c(N6CC(=O)NS6(=O)=O)c(OCc6ccccc6)cc5c4)CC3(F)F)cc21. The number of aryl methyl sites for hydroxylation is 1. The van der Waals surface area contributed by atoms with E-state index in [1.807, 2.05) is 4.72 Å². The molecule has 5 aromatic rings. The Kier molecular flexibility index (Phi) is 10.1. The first-order chi connectivity index (χ1) is 27.7. The van der Waals surface area contributed by atoms with Gasteiger partial charge in [-0.05, 0) is 60.2 Å². The Labute approximate surface area is 330 Å². The first kappa shape index (κ1) is 38.8. The molecule has 0 aliphatic carbocycles. The molecule has 2 unspecified atom stereocenters. The van der Waals surface area contributed by atoms with E-state index in [1.165, 1.54) is 24.3 Å². The van der Waals surface area contributed by atoms with Crippen molar-refractivity contribution in [1.82, 2.24) is 30.0 Å². The summed E-state index contributed by atoms with van der Waals surface area (Å²) in [7, 11) is -2.70. The lowest BCUT2D eigenvalue weighted by atomic mass is 9.85. The Morgan fingerprint density at radius 1 is 1.00 bits per heavy atom. The summed E-state index contributed by atoms with van der Waals surface area (Å²) in [6.45, 7) is -0.684. The maximum atomic E-state index is 16.2. The number of nitrogens with one attached hydrogen (secondary N) is 3. The molecule has 1 aromatic heterocycles. The number of aromatic nitrogens is 2. The Balaban J connectivity index is 0.934. The predicted molar refractivity (Wildman–Crippen MR) is 206 cm³/mol. The van der Waals surface area contributed by atoms with Gasteiger partial charge < -0.3 is 10.1 Å². The minimum absolute atomic E-state index is 0.0180. The van der Waals surface area contributed by atoms with E-state index in [4.69, 9.17) is 4.74 Å². The number of hydrogen-bond acceptors (Lipinski definition) is 9. The largest absolute Gasteiger partial charge is 0.487 e. The van der Waals surface area contributed by atoms with Gasteiger partial charge >= 0.3 is 10.2 Å². The summed E-state index contributed by atoms with van der Waals surface area (Å²) in [5, 5.41) is 10.5. The van der Waals surface area contributed by atoms with Crippen LogP contribution in [0.1, 0.15) is 58.3 Å². The summed E-state index contributed by atoms with van der Waals surface area (Å²) >= 11 is 0.